The summed E-state index contributed by atoms with van der Waals surface area (Å²) in [6.07, 6.45) is -0.788. The number of methoxy groups -OCH3 is 1. The van der Waals surface area contributed by atoms with E-state index in [2.05, 4.69) is 10.9 Å². The van der Waals surface area contributed by atoms with Crippen molar-refractivity contribution in [1.29, 1.82) is 0 Å². The van der Waals surface area contributed by atoms with E-state index >= 15 is 0 Å². The molecule has 0 spiro atoms. The minimum atomic E-state index is -0.788. The number of benzene rings is 3. The van der Waals surface area contributed by atoms with Gasteiger partial charge in [0.25, 0.3) is 11.8 Å². The van der Waals surface area contributed by atoms with Crippen LogP contribution in [0.2, 0.25) is 0 Å². The predicted molar refractivity (Wildman–Crippen MR) is 111 cm³/mol. The molecule has 0 aliphatic rings. The molecule has 3 rings (SSSR count). The Balaban J connectivity index is 1.52. The van der Waals surface area contributed by atoms with Gasteiger partial charge in [0.2, 0.25) is 0 Å². The number of nitrogens with one attached hydrogen (secondary N) is 2. The standard InChI is InChI=1S/C23H22N2O4/c1-16(29-21-14-12-20(28-2)13-15-21)22(26)24-25-23(27)19-10-8-18(9-11-19)17-6-4-3-5-7-17/h3-16H,1-2H3,(H,24,26)(H,25,27). The second-order valence-corrected chi connectivity index (χ2v) is 6.32. The number of carbonyl (C=O) groups excluding carboxylic acids is 2. The zero-order chi connectivity index (χ0) is 20.6. The van der Waals surface area contributed by atoms with E-state index in [-0.39, 0.29) is 0 Å². The Bertz CT molecular complexity index is 954. The van der Waals surface area contributed by atoms with Crippen LogP contribution in [0.3, 0.4) is 0 Å². The number of hydrazine groups is 1. The molecule has 0 aromatic heterocycles. The van der Waals surface area contributed by atoms with Crippen LogP contribution in [-0.4, -0.2) is 25.0 Å². The van der Waals surface area contributed by atoms with Gasteiger partial charge in [-0.05, 0) is 54.4 Å². The van der Waals surface area contributed by atoms with Crippen LogP contribution in [0.25, 0.3) is 11.1 Å². The lowest BCUT2D eigenvalue weighted by molar-refractivity contribution is -0.128. The molecule has 0 saturated heterocycles. The van der Waals surface area contributed by atoms with Crippen LogP contribution in [0, 0.1) is 0 Å². The minimum Gasteiger partial charge on any atom is -0.497 e. The number of amides is 2. The van der Waals surface area contributed by atoms with E-state index in [1.807, 2.05) is 42.5 Å². The maximum atomic E-state index is 12.3. The molecule has 3 aromatic rings. The third-order valence-electron chi connectivity index (χ3n) is 4.29. The van der Waals surface area contributed by atoms with Crippen molar-refractivity contribution in [3.05, 3.63) is 84.4 Å². The Labute approximate surface area is 169 Å². The quantitative estimate of drug-likeness (QED) is 0.631. The largest absolute Gasteiger partial charge is 0.497 e. The number of rotatable bonds is 6. The molecule has 6 heteroatoms. The molecular formula is C23H22N2O4. The highest BCUT2D eigenvalue weighted by Gasteiger charge is 2.16. The third kappa shape index (κ3) is 5.35. The Morgan fingerprint density at radius 3 is 1.97 bits per heavy atom. The van der Waals surface area contributed by atoms with Gasteiger partial charge in [-0.1, -0.05) is 42.5 Å². The van der Waals surface area contributed by atoms with E-state index in [1.54, 1.807) is 50.4 Å². The maximum absolute atomic E-state index is 12.3. The highest BCUT2D eigenvalue weighted by atomic mass is 16.5. The van der Waals surface area contributed by atoms with Gasteiger partial charge in [0.15, 0.2) is 6.10 Å². The molecule has 0 radical (unpaired) electrons. The van der Waals surface area contributed by atoms with Crippen molar-refractivity contribution in [1.82, 2.24) is 10.9 Å². The van der Waals surface area contributed by atoms with Gasteiger partial charge in [0.05, 0.1) is 7.11 Å². The van der Waals surface area contributed by atoms with Crippen LogP contribution in [-0.2, 0) is 4.79 Å². The van der Waals surface area contributed by atoms with E-state index in [9.17, 15) is 9.59 Å². The summed E-state index contributed by atoms with van der Waals surface area (Å²) in [6, 6.07) is 23.9. The molecule has 1 atom stereocenters. The summed E-state index contributed by atoms with van der Waals surface area (Å²) in [5.41, 5.74) is 7.30. The van der Waals surface area contributed by atoms with Crippen LogP contribution in [0.15, 0.2) is 78.9 Å². The SMILES string of the molecule is COc1ccc(OC(C)C(=O)NNC(=O)c2ccc(-c3ccccc3)cc2)cc1. The zero-order valence-electron chi connectivity index (χ0n) is 16.2. The summed E-state index contributed by atoms with van der Waals surface area (Å²) >= 11 is 0. The van der Waals surface area contributed by atoms with Gasteiger partial charge >= 0.3 is 0 Å². The van der Waals surface area contributed by atoms with Crippen molar-refractivity contribution in [2.24, 2.45) is 0 Å². The van der Waals surface area contributed by atoms with Gasteiger partial charge < -0.3 is 9.47 Å². The lowest BCUT2D eigenvalue weighted by Crippen LogP contribution is -2.47. The lowest BCUT2D eigenvalue weighted by Gasteiger charge is -2.15. The van der Waals surface area contributed by atoms with Gasteiger partial charge in [0, 0.05) is 5.56 Å². The normalized spacial score (nSPS) is 11.2. The van der Waals surface area contributed by atoms with Crippen molar-refractivity contribution in [3.63, 3.8) is 0 Å². The second kappa shape index (κ2) is 9.41. The zero-order valence-corrected chi connectivity index (χ0v) is 16.2. The fourth-order valence-corrected chi connectivity index (χ4v) is 2.65. The summed E-state index contributed by atoms with van der Waals surface area (Å²) in [4.78, 5) is 24.4. The Morgan fingerprint density at radius 2 is 1.34 bits per heavy atom. The van der Waals surface area contributed by atoms with Crippen LogP contribution >= 0.6 is 0 Å². The monoisotopic (exact) mass is 390 g/mol. The first-order valence-electron chi connectivity index (χ1n) is 9.13. The fraction of sp³-hybridized carbons (Fsp3) is 0.130. The summed E-state index contributed by atoms with van der Waals surface area (Å²) < 4.78 is 10.6. The van der Waals surface area contributed by atoms with Crippen LogP contribution in [0.5, 0.6) is 11.5 Å². The molecule has 148 valence electrons. The lowest BCUT2D eigenvalue weighted by atomic mass is 10.0. The van der Waals surface area contributed by atoms with Crippen molar-refractivity contribution in [2.45, 2.75) is 13.0 Å². The first kappa shape index (κ1) is 19.9. The van der Waals surface area contributed by atoms with E-state index in [4.69, 9.17) is 9.47 Å². The second-order valence-electron chi connectivity index (χ2n) is 6.32. The summed E-state index contributed by atoms with van der Waals surface area (Å²) in [5, 5.41) is 0. The van der Waals surface area contributed by atoms with Gasteiger partial charge in [-0.15, -0.1) is 0 Å². The van der Waals surface area contributed by atoms with Gasteiger partial charge in [-0.3, -0.25) is 20.4 Å². The van der Waals surface area contributed by atoms with E-state index < -0.39 is 17.9 Å². The summed E-state index contributed by atoms with van der Waals surface area (Å²) in [6.45, 7) is 1.60. The highest BCUT2D eigenvalue weighted by Crippen LogP contribution is 2.19. The van der Waals surface area contributed by atoms with Crippen LogP contribution < -0.4 is 20.3 Å². The molecule has 0 fully saturated rings. The molecule has 29 heavy (non-hydrogen) atoms. The molecule has 2 N–H and O–H groups in total. The highest BCUT2D eigenvalue weighted by molar-refractivity contribution is 5.96. The molecule has 6 nitrogen and oxygen atoms in total. The molecule has 1 unspecified atom stereocenters. The Morgan fingerprint density at radius 1 is 0.759 bits per heavy atom. The summed E-state index contributed by atoms with van der Waals surface area (Å²) in [5.74, 6) is 0.348. The molecule has 0 bridgehead atoms. The molecule has 0 aliphatic carbocycles. The molecular weight excluding hydrogens is 368 g/mol. The van der Waals surface area contributed by atoms with Crippen molar-refractivity contribution >= 4 is 11.8 Å². The predicted octanol–water partition coefficient (Wildman–Crippen LogP) is 3.59. The average Bonchev–Trinajstić information content (AvgIpc) is 2.78. The van der Waals surface area contributed by atoms with E-state index in [0.29, 0.717) is 17.1 Å². The van der Waals surface area contributed by atoms with Gasteiger partial charge in [-0.25, -0.2) is 0 Å². The number of ether oxygens (including phenoxy) is 2. The van der Waals surface area contributed by atoms with Crippen LogP contribution in [0.4, 0.5) is 0 Å². The van der Waals surface area contributed by atoms with E-state index in [1.165, 1.54) is 0 Å². The number of hydrogen-bond donors (Lipinski definition) is 2. The Hall–Kier alpha value is -3.80. The van der Waals surface area contributed by atoms with Crippen molar-refractivity contribution < 1.29 is 19.1 Å². The molecule has 0 aliphatic heterocycles. The fourth-order valence-electron chi connectivity index (χ4n) is 2.65. The molecule has 2 amide bonds. The number of carbonyl (C=O) groups is 2. The third-order valence-corrected chi connectivity index (χ3v) is 4.29. The Kier molecular flexibility index (Phi) is 6.47. The topological polar surface area (TPSA) is 76.7 Å². The van der Waals surface area contributed by atoms with E-state index in [0.717, 1.165) is 11.1 Å². The van der Waals surface area contributed by atoms with Gasteiger partial charge in [-0.2, -0.15) is 0 Å². The number of hydrogen-bond acceptors (Lipinski definition) is 4. The summed E-state index contributed by atoms with van der Waals surface area (Å²) in [7, 11) is 1.57. The average molecular weight is 390 g/mol. The molecule has 3 aromatic carbocycles. The first-order chi connectivity index (χ1) is 14.1. The smallest absolute Gasteiger partial charge is 0.279 e. The molecule has 0 saturated carbocycles. The minimum absolute atomic E-state index is 0.408. The van der Waals surface area contributed by atoms with Crippen LogP contribution in [0.1, 0.15) is 17.3 Å². The molecule has 0 heterocycles. The van der Waals surface area contributed by atoms with Crippen molar-refractivity contribution in [3.8, 4) is 22.6 Å². The van der Waals surface area contributed by atoms with Gasteiger partial charge in [0.1, 0.15) is 11.5 Å². The first-order valence-corrected chi connectivity index (χ1v) is 9.13. The van der Waals surface area contributed by atoms with Crippen molar-refractivity contribution in [2.75, 3.05) is 7.11 Å². The maximum Gasteiger partial charge on any atom is 0.279 e.